The molecule has 142 valence electrons. The third kappa shape index (κ3) is 3.46. The largest absolute Gasteiger partial charge is 0.369 e. The fourth-order valence-electron chi connectivity index (χ4n) is 3.97. The summed E-state index contributed by atoms with van der Waals surface area (Å²) in [5.41, 5.74) is 2.20. The minimum absolute atomic E-state index is 0.266. The average molecular weight is 407 g/mol. The van der Waals surface area contributed by atoms with Crippen molar-refractivity contribution in [3.63, 3.8) is 0 Å². The number of hydrogen-bond acceptors (Lipinski definition) is 5. The summed E-state index contributed by atoms with van der Waals surface area (Å²) < 4.78 is 2.55. The first-order chi connectivity index (χ1) is 13.8. The highest BCUT2D eigenvalue weighted by Crippen LogP contribution is 2.28. The lowest BCUT2D eigenvalue weighted by Crippen LogP contribution is -2.46. The highest BCUT2D eigenvalue weighted by molar-refractivity contribution is 7.17. The molecular weight excluding hydrogens is 384 g/mol. The van der Waals surface area contributed by atoms with Crippen molar-refractivity contribution in [2.45, 2.75) is 6.42 Å². The van der Waals surface area contributed by atoms with E-state index in [-0.39, 0.29) is 5.78 Å². The van der Waals surface area contributed by atoms with E-state index in [1.165, 1.54) is 20.5 Å². The van der Waals surface area contributed by atoms with Crippen LogP contribution in [0.3, 0.4) is 0 Å². The number of ketones is 1. The van der Waals surface area contributed by atoms with Gasteiger partial charge in [0, 0.05) is 70.6 Å². The molecule has 5 heteroatoms. The van der Waals surface area contributed by atoms with Crippen LogP contribution >= 0.6 is 22.7 Å². The monoisotopic (exact) mass is 406 g/mol. The predicted molar refractivity (Wildman–Crippen MR) is 121 cm³/mol. The fourth-order valence-corrected chi connectivity index (χ4v) is 5.70. The Morgan fingerprint density at radius 1 is 0.929 bits per heavy atom. The van der Waals surface area contributed by atoms with Crippen LogP contribution in [0.4, 0.5) is 5.69 Å². The van der Waals surface area contributed by atoms with Gasteiger partial charge in [-0.25, -0.2) is 0 Å². The molecule has 3 heterocycles. The Balaban J connectivity index is 1.17. The number of anilines is 1. The van der Waals surface area contributed by atoms with Gasteiger partial charge in [0.1, 0.15) is 0 Å². The fraction of sp³-hybridized carbons (Fsp3) is 0.261. The SMILES string of the molecule is O=C(CCN1CCN(c2ccc3sccc3c2)CC1)c1csc2ccccc12. The van der Waals surface area contributed by atoms with Crippen molar-refractivity contribution < 1.29 is 4.79 Å². The lowest BCUT2D eigenvalue weighted by Gasteiger charge is -2.36. The molecule has 1 aliphatic heterocycles. The van der Waals surface area contributed by atoms with Gasteiger partial charge in [0.05, 0.1) is 0 Å². The number of carbonyl (C=O) groups excluding carboxylic acids is 1. The van der Waals surface area contributed by atoms with Gasteiger partial charge in [-0.15, -0.1) is 22.7 Å². The lowest BCUT2D eigenvalue weighted by molar-refractivity contribution is 0.0964. The van der Waals surface area contributed by atoms with Crippen LogP contribution in [0.1, 0.15) is 16.8 Å². The Kier molecular flexibility index (Phi) is 4.89. The molecule has 0 bridgehead atoms. The van der Waals surface area contributed by atoms with Crippen molar-refractivity contribution in [1.29, 1.82) is 0 Å². The van der Waals surface area contributed by atoms with Crippen LogP contribution < -0.4 is 4.90 Å². The average Bonchev–Trinajstić information content (AvgIpc) is 3.38. The summed E-state index contributed by atoms with van der Waals surface area (Å²) in [6.45, 7) is 4.91. The molecular formula is C23H22N2OS2. The highest BCUT2D eigenvalue weighted by atomic mass is 32.1. The first-order valence-corrected chi connectivity index (χ1v) is 11.5. The van der Waals surface area contributed by atoms with Gasteiger partial charge in [-0.1, -0.05) is 18.2 Å². The van der Waals surface area contributed by atoms with Crippen LogP contribution in [0.25, 0.3) is 20.2 Å². The summed E-state index contributed by atoms with van der Waals surface area (Å²) in [5, 5.41) is 6.61. The van der Waals surface area contributed by atoms with E-state index >= 15 is 0 Å². The van der Waals surface area contributed by atoms with E-state index < -0.39 is 0 Å². The Morgan fingerprint density at radius 3 is 2.68 bits per heavy atom. The van der Waals surface area contributed by atoms with Gasteiger partial charge in [-0.05, 0) is 41.1 Å². The molecule has 2 aromatic carbocycles. The number of hydrogen-bond donors (Lipinski definition) is 0. The molecule has 0 aliphatic carbocycles. The van der Waals surface area contributed by atoms with E-state index in [4.69, 9.17) is 0 Å². The van der Waals surface area contributed by atoms with Gasteiger partial charge in [-0.3, -0.25) is 9.69 Å². The molecule has 0 saturated carbocycles. The summed E-state index contributed by atoms with van der Waals surface area (Å²) >= 11 is 3.46. The van der Waals surface area contributed by atoms with Crippen LogP contribution in [0, 0.1) is 0 Å². The van der Waals surface area contributed by atoms with Gasteiger partial charge < -0.3 is 4.90 Å². The zero-order valence-electron chi connectivity index (χ0n) is 15.6. The number of piperazine rings is 1. The van der Waals surface area contributed by atoms with E-state index in [0.29, 0.717) is 6.42 Å². The summed E-state index contributed by atoms with van der Waals surface area (Å²) in [6, 6.07) is 17.1. The number of Topliss-reactive ketones (excluding diaryl/α,β-unsaturated/α-hetero) is 1. The molecule has 0 N–H and O–H groups in total. The molecule has 1 fully saturated rings. The first-order valence-electron chi connectivity index (χ1n) is 9.72. The molecule has 4 aromatic rings. The number of benzene rings is 2. The minimum Gasteiger partial charge on any atom is -0.369 e. The van der Waals surface area contributed by atoms with Crippen molar-refractivity contribution in [2.75, 3.05) is 37.6 Å². The molecule has 0 atom stereocenters. The Morgan fingerprint density at radius 2 is 1.79 bits per heavy atom. The van der Waals surface area contributed by atoms with Gasteiger partial charge in [0.15, 0.2) is 5.78 Å². The van der Waals surface area contributed by atoms with Gasteiger partial charge in [0.2, 0.25) is 0 Å². The first kappa shape index (κ1) is 17.9. The van der Waals surface area contributed by atoms with Crippen LogP contribution in [0.5, 0.6) is 0 Å². The molecule has 0 unspecified atom stereocenters. The van der Waals surface area contributed by atoms with Gasteiger partial charge >= 0.3 is 0 Å². The van der Waals surface area contributed by atoms with Crippen molar-refractivity contribution in [1.82, 2.24) is 4.90 Å². The quantitative estimate of drug-likeness (QED) is 0.408. The van der Waals surface area contributed by atoms with Crippen molar-refractivity contribution >= 4 is 54.3 Å². The maximum Gasteiger partial charge on any atom is 0.165 e. The smallest absolute Gasteiger partial charge is 0.165 e. The topological polar surface area (TPSA) is 23.6 Å². The molecule has 0 spiro atoms. The van der Waals surface area contributed by atoms with E-state index in [1.54, 1.807) is 22.7 Å². The van der Waals surface area contributed by atoms with E-state index in [0.717, 1.165) is 43.7 Å². The van der Waals surface area contributed by atoms with Crippen LogP contribution in [-0.4, -0.2) is 43.4 Å². The molecule has 1 aliphatic rings. The second-order valence-electron chi connectivity index (χ2n) is 7.29. The second kappa shape index (κ2) is 7.66. The summed E-state index contributed by atoms with van der Waals surface area (Å²) in [5.74, 6) is 0.266. The zero-order valence-corrected chi connectivity index (χ0v) is 17.3. The number of rotatable bonds is 5. The van der Waals surface area contributed by atoms with Crippen LogP contribution in [0.15, 0.2) is 59.3 Å². The van der Waals surface area contributed by atoms with Crippen LogP contribution in [-0.2, 0) is 0 Å². The standard InChI is InChI=1S/C23H22N2OS2/c26-21(20-16-28-23-4-2-1-3-19(20)23)7-9-24-10-12-25(13-11-24)18-5-6-22-17(15-18)8-14-27-22/h1-6,8,14-16H,7,9-13H2. The molecule has 1 saturated heterocycles. The van der Waals surface area contributed by atoms with E-state index in [9.17, 15) is 4.79 Å². The summed E-state index contributed by atoms with van der Waals surface area (Å²) in [4.78, 5) is 17.6. The summed E-state index contributed by atoms with van der Waals surface area (Å²) in [6.07, 6.45) is 0.599. The van der Waals surface area contributed by atoms with Gasteiger partial charge in [0.25, 0.3) is 0 Å². The van der Waals surface area contributed by atoms with Crippen molar-refractivity contribution in [3.05, 3.63) is 64.9 Å². The second-order valence-corrected chi connectivity index (χ2v) is 9.15. The number of carbonyl (C=O) groups is 1. The molecule has 2 aromatic heterocycles. The molecule has 28 heavy (non-hydrogen) atoms. The van der Waals surface area contributed by atoms with Crippen molar-refractivity contribution in [3.8, 4) is 0 Å². The van der Waals surface area contributed by atoms with E-state index in [2.05, 4.69) is 51.6 Å². The Bertz CT molecular complexity index is 1120. The number of nitrogens with zero attached hydrogens (tertiary/aromatic N) is 2. The number of fused-ring (bicyclic) bond motifs is 2. The van der Waals surface area contributed by atoms with Crippen molar-refractivity contribution in [2.24, 2.45) is 0 Å². The Labute approximate surface area is 172 Å². The minimum atomic E-state index is 0.266. The zero-order chi connectivity index (χ0) is 18.9. The maximum absolute atomic E-state index is 12.7. The third-order valence-corrected chi connectivity index (χ3v) is 7.47. The number of thiophene rings is 2. The van der Waals surface area contributed by atoms with Crippen LogP contribution in [0.2, 0.25) is 0 Å². The molecule has 3 nitrogen and oxygen atoms in total. The Hall–Kier alpha value is -2.21. The lowest BCUT2D eigenvalue weighted by atomic mass is 10.1. The highest BCUT2D eigenvalue weighted by Gasteiger charge is 2.19. The maximum atomic E-state index is 12.7. The van der Waals surface area contributed by atoms with Gasteiger partial charge in [-0.2, -0.15) is 0 Å². The van der Waals surface area contributed by atoms with E-state index in [1.807, 2.05) is 17.5 Å². The molecule has 0 radical (unpaired) electrons. The normalized spacial score (nSPS) is 15.5. The predicted octanol–water partition coefficient (Wildman–Crippen LogP) is 5.51. The third-order valence-electron chi connectivity index (χ3n) is 5.61. The molecule has 0 amide bonds. The summed E-state index contributed by atoms with van der Waals surface area (Å²) in [7, 11) is 0. The molecule has 5 rings (SSSR count).